The van der Waals surface area contributed by atoms with Crippen LogP contribution in [0.4, 0.5) is 0 Å². The first kappa shape index (κ1) is 57.5. The highest BCUT2D eigenvalue weighted by molar-refractivity contribution is 5.71. The molecule has 0 saturated carbocycles. The van der Waals surface area contributed by atoms with E-state index in [4.69, 9.17) is 14.2 Å². The fourth-order valence-corrected chi connectivity index (χ4v) is 5.97. The van der Waals surface area contributed by atoms with Crippen molar-refractivity contribution in [1.29, 1.82) is 0 Å². The molecule has 0 fully saturated rings. The van der Waals surface area contributed by atoms with Gasteiger partial charge in [0.2, 0.25) is 0 Å². The van der Waals surface area contributed by atoms with Gasteiger partial charge in [-0.2, -0.15) is 0 Å². The summed E-state index contributed by atoms with van der Waals surface area (Å²) in [5.74, 6) is -1.00. The number of ether oxygens (including phenoxy) is 3. The fourth-order valence-electron chi connectivity index (χ4n) is 5.97. The van der Waals surface area contributed by atoms with Crippen LogP contribution in [0.25, 0.3) is 0 Å². The topological polar surface area (TPSA) is 78.9 Å². The van der Waals surface area contributed by atoms with E-state index in [1.54, 1.807) is 0 Å². The third-order valence-corrected chi connectivity index (χ3v) is 9.54. The standard InChI is InChI=1S/C56H86O6/c1-4-7-10-13-16-19-22-25-27-29-31-34-37-40-43-46-49-55(58)61-52-53(51-60-54(57)48-45-42-39-36-33-30-24-21-18-15-12-9-6-3)62-56(59)50-47-44-41-38-35-32-28-26-23-20-17-14-11-8-5-2/h7-12,14-21,23-28,31,34,53H,4-6,13,22,29-30,32-33,35-52H2,1-3H3/b10-7+,11-8+,12-9+,17-14+,18-15+,19-16+,23-20+,24-21+,27-25+,28-26+,34-31+. The summed E-state index contributed by atoms with van der Waals surface area (Å²) in [4.78, 5) is 37.9. The summed E-state index contributed by atoms with van der Waals surface area (Å²) in [6.45, 7) is 6.15. The van der Waals surface area contributed by atoms with Crippen molar-refractivity contribution in [3.05, 3.63) is 134 Å². The number of carbonyl (C=O) groups is 3. The molecule has 0 saturated heterocycles. The molecule has 0 rings (SSSR count). The van der Waals surface area contributed by atoms with Crippen LogP contribution < -0.4 is 0 Å². The lowest BCUT2D eigenvalue weighted by Crippen LogP contribution is -2.30. The third kappa shape index (κ3) is 46.6. The van der Waals surface area contributed by atoms with Crippen LogP contribution in [0.3, 0.4) is 0 Å². The van der Waals surface area contributed by atoms with Crippen LogP contribution in [0.1, 0.15) is 181 Å². The van der Waals surface area contributed by atoms with E-state index in [1.165, 1.54) is 0 Å². The van der Waals surface area contributed by atoms with Gasteiger partial charge in [0.15, 0.2) is 6.10 Å². The van der Waals surface area contributed by atoms with Crippen molar-refractivity contribution in [2.24, 2.45) is 0 Å². The molecule has 0 aromatic carbocycles. The second kappa shape index (κ2) is 49.2. The Bertz CT molecular complexity index is 1400. The Morgan fingerprint density at radius 1 is 0.339 bits per heavy atom. The zero-order valence-electron chi connectivity index (χ0n) is 39.3. The molecule has 0 aliphatic heterocycles. The van der Waals surface area contributed by atoms with Crippen LogP contribution >= 0.6 is 0 Å². The first-order valence-corrected chi connectivity index (χ1v) is 24.3. The van der Waals surface area contributed by atoms with Crippen molar-refractivity contribution in [2.45, 2.75) is 187 Å². The largest absolute Gasteiger partial charge is 0.462 e. The van der Waals surface area contributed by atoms with E-state index in [9.17, 15) is 14.4 Å². The Morgan fingerprint density at radius 3 is 1.11 bits per heavy atom. The average molecular weight is 855 g/mol. The Kier molecular flexibility index (Phi) is 45.7. The van der Waals surface area contributed by atoms with Crippen LogP contribution in [0.5, 0.6) is 0 Å². The second-order valence-electron chi connectivity index (χ2n) is 15.4. The van der Waals surface area contributed by atoms with Crippen molar-refractivity contribution < 1.29 is 28.6 Å². The summed E-state index contributed by atoms with van der Waals surface area (Å²) in [5.41, 5.74) is 0. The van der Waals surface area contributed by atoms with Gasteiger partial charge in [0.1, 0.15) is 13.2 Å². The molecule has 0 amide bonds. The van der Waals surface area contributed by atoms with E-state index in [0.29, 0.717) is 12.8 Å². The van der Waals surface area contributed by atoms with E-state index < -0.39 is 6.10 Å². The van der Waals surface area contributed by atoms with Gasteiger partial charge in [0, 0.05) is 19.3 Å². The lowest BCUT2D eigenvalue weighted by Gasteiger charge is -2.18. The molecule has 1 unspecified atom stereocenters. The highest BCUT2D eigenvalue weighted by Crippen LogP contribution is 2.12. The van der Waals surface area contributed by atoms with Crippen molar-refractivity contribution >= 4 is 17.9 Å². The monoisotopic (exact) mass is 855 g/mol. The van der Waals surface area contributed by atoms with Gasteiger partial charge >= 0.3 is 17.9 Å². The SMILES string of the molecule is CC/C=C/C=C/C=C/C=C/CCCCCCCC(=O)OC(COC(=O)CCCCC/C=C/C/C=C/C/C=C/C/C=C/CC)COC(=O)CCCCCCC/C=C/C=C/C=C/CC. The van der Waals surface area contributed by atoms with Crippen molar-refractivity contribution in [3.8, 4) is 0 Å². The normalized spacial score (nSPS) is 13.3. The molecule has 0 N–H and O–H groups in total. The molecular formula is C56H86O6. The minimum atomic E-state index is -0.816. The first-order chi connectivity index (χ1) is 30.5. The van der Waals surface area contributed by atoms with E-state index in [2.05, 4.69) is 124 Å². The zero-order chi connectivity index (χ0) is 45.1. The molecule has 0 radical (unpaired) electrons. The zero-order valence-corrected chi connectivity index (χ0v) is 39.3. The van der Waals surface area contributed by atoms with Gasteiger partial charge in [0.25, 0.3) is 0 Å². The second-order valence-corrected chi connectivity index (χ2v) is 15.4. The lowest BCUT2D eigenvalue weighted by atomic mass is 10.1. The molecule has 0 aromatic heterocycles. The van der Waals surface area contributed by atoms with E-state index in [0.717, 1.165) is 141 Å². The molecule has 0 bridgehead atoms. The Morgan fingerprint density at radius 2 is 0.661 bits per heavy atom. The van der Waals surface area contributed by atoms with Gasteiger partial charge in [-0.25, -0.2) is 0 Å². The molecule has 0 aromatic rings. The van der Waals surface area contributed by atoms with Gasteiger partial charge < -0.3 is 14.2 Å². The average Bonchev–Trinajstić information content (AvgIpc) is 3.27. The molecule has 6 nitrogen and oxygen atoms in total. The number of rotatable bonds is 41. The van der Waals surface area contributed by atoms with Crippen LogP contribution in [-0.2, 0) is 28.6 Å². The number of esters is 3. The highest BCUT2D eigenvalue weighted by atomic mass is 16.6. The van der Waals surface area contributed by atoms with Gasteiger partial charge in [-0.3, -0.25) is 14.4 Å². The third-order valence-electron chi connectivity index (χ3n) is 9.54. The van der Waals surface area contributed by atoms with Crippen molar-refractivity contribution in [1.82, 2.24) is 0 Å². The van der Waals surface area contributed by atoms with Gasteiger partial charge in [0.05, 0.1) is 0 Å². The van der Waals surface area contributed by atoms with Crippen molar-refractivity contribution in [2.75, 3.05) is 13.2 Å². The van der Waals surface area contributed by atoms with Crippen molar-refractivity contribution in [3.63, 3.8) is 0 Å². The Labute approximate surface area is 379 Å². The quantitative estimate of drug-likeness (QED) is 0.0200. The predicted molar refractivity (Wildman–Crippen MR) is 265 cm³/mol. The minimum absolute atomic E-state index is 0.114. The Hall–Kier alpha value is -4.45. The summed E-state index contributed by atoms with van der Waals surface area (Å²) >= 11 is 0. The summed E-state index contributed by atoms with van der Waals surface area (Å²) in [6.07, 6.45) is 68.6. The smallest absolute Gasteiger partial charge is 0.306 e. The van der Waals surface area contributed by atoms with Crippen LogP contribution in [0.2, 0.25) is 0 Å². The first-order valence-electron chi connectivity index (χ1n) is 24.3. The summed E-state index contributed by atoms with van der Waals surface area (Å²) in [5, 5.41) is 0. The fraction of sp³-hybridized carbons (Fsp3) is 0.554. The molecule has 62 heavy (non-hydrogen) atoms. The lowest BCUT2D eigenvalue weighted by molar-refractivity contribution is -0.167. The van der Waals surface area contributed by atoms with Crippen LogP contribution in [-0.4, -0.2) is 37.2 Å². The predicted octanol–water partition coefficient (Wildman–Crippen LogP) is 15.9. The molecule has 1 atom stereocenters. The number of hydrogen-bond donors (Lipinski definition) is 0. The van der Waals surface area contributed by atoms with Crippen LogP contribution in [0, 0.1) is 0 Å². The molecule has 0 aliphatic rings. The summed E-state index contributed by atoms with van der Waals surface area (Å²) < 4.78 is 16.7. The van der Waals surface area contributed by atoms with Gasteiger partial charge in [-0.15, -0.1) is 0 Å². The van der Waals surface area contributed by atoms with Gasteiger partial charge in [-0.05, 0) is 96.3 Å². The molecule has 346 valence electrons. The molecule has 6 heteroatoms. The maximum atomic E-state index is 12.8. The molecule has 0 aliphatic carbocycles. The molecule has 0 spiro atoms. The minimum Gasteiger partial charge on any atom is -0.462 e. The molecule has 0 heterocycles. The number of allylic oxidation sites excluding steroid dienone is 22. The van der Waals surface area contributed by atoms with E-state index >= 15 is 0 Å². The maximum Gasteiger partial charge on any atom is 0.306 e. The van der Waals surface area contributed by atoms with E-state index in [-0.39, 0.29) is 37.5 Å². The molecular weight excluding hydrogens is 769 g/mol. The number of carbonyl (C=O) groups excluding carboxylic acids is 3. The summed E-state index contributed by atoms with van der Waals surface area (Å²) in [7, 11) is 0. The number of unbranched alkanes of at least 4 members (excludes halogenated alkanes) is 13. The number of hydrogen-bond acceptors (Lipinski definition) is 6. The van der Waals surface area contributed by atoms with Gasteiger partial charge in [-0.1, -0.05) is 199 Å². The maximum absolute atomic E-state index is 12.8. The van der Waals surface area contributed by atoms with E-state index in [1.807, 2.05) is 30.4 Å². The summed E-state index contributed by atoms with van der Waals surface area (Å²) in [6, 6.07) is 0. The highest BCUT2D eigenvalue weighted by Gasteiger charge is 2.19. The Balaban J connectivity index is 4.55. The van der Waals surface area contributed by atoms with Crippen LogP contribution in [0.15, 0.2) is 134 Å².